The van der Waals surface area contributed by atoms with Gasteiger partial charge in [-0.2, -0.15) is 0 Å². The SMILES string of the molecule is CCNC(=O)CN1CCCC(C(=O)c2ccc3c4c(cccc24)CC3)C1. The lowest BCUT2D eigenvalue weighted by Gasteiger charge is -2.31. The molecule has 26 heavy (non-hydrogen) atoms. The number of nitrogens with one attached hydrogen (secondary N) is 1. The van der Waals surface area contributed by atoms with Gasteiger partial charge < -0.3 is 5.32 Å². The molecule has 1 unspecified atom stereocenters. The summed E-state index contributed by atoms with van der Waals surface area (Å²) >= 11 is 0. The van der Waals surface area contributed by atoms with E-state index in [2.05, 4.69) is 34.5 Å². The zero-order chi connectivity index (χ0) is 18.1. The van der Waals surface area contributed by atoms with Crippen molar-refractivity contribution in [3.63, 3.8) is 0 Å². The lowest BCUT2D eigenvalue weighted by molar-refractivity contribution is -0.122. The third-order valence-electron chi connectivity index (χ3n) is 5.76. The number of benzene rings is 2. The number of nitrogens with zero attached hydrogens (tertiary/aromatic N) is 1. The fourth-order valence-corrected chi connectivity index (χ4v) is 4.55. The van der Waals surface area contributed by atoms with Crippen molar-refractivity contribution < 1.29 is 9.59 Å². The van der Waals surface area contributed by atoms with Gasteiger partial charge in [0.15, 0.2) is 5.78 Å². The number of aryl methyl sites for hydroxylation is 2. The van der Waals surface area contributed by atoms with Crippen molar-refractivity contribution in [2.24, 2.45) is 5.92 Å². The van der Waals surface area contributed by atoms with Crippen LogP contribution in [0.1, 0.15) is 41.3 Å². The van der Waals surface area contributed by atoms with Gasteiger partial charge in [0.2, 0.25) is 5.91 Å². The average Bonchev–Trinajstić information content (AvgIpc) is 3.07. The van der Waals surface area contributed by atoms with E-state index in [4.69, 9.17) is 0 Å². The van der Waals surface area contributed by atoms with Gasteiger partial charge in [-0.3, -0.25) is 14.5 Å². The van der Waals surface area contributed by atoms with Crippen LogP contribution in [-0.2, 0) is 17.6 Å². The summed E-state index contributed by atoms with van der Waals surface area (Å²) in [5.41, 5.74) is 3.60. The van der Waals surface area contributed by atoms with Crippen molar-refractivity contribution in [2.45, 2.75) is 32.6 Å². The summed E-state index contributed by atoms with van der Waals surface area (Å²) < 4.78 is 0. The fourth-order valence-electron chi connectivity index (χ4n) is 4.55. The monoisotopic (exact) mass is 350 g/mol. The van der Waals surface area contributed by atoms with Gasteiger partial charge >= 0.3 is 0 Å². The van der Waals surface area contributed by atoms with Crippen LogP contribution >= 0.6 is 0 Å². The van der Waals surface area contributed by atoms with E-state index >= 15 is 0 Å². The van der Waals surface area contributed by atoms with E-state index in [9.17, 15) is 9.59 Å². The number of likely N-dealkylation sites (tertiary alicyclic amines) is 1. The topological polar surface area (TPSA) is 49.4 Å². The van der Waals surface area contributed by atoms with Crippen LogP contribution in [-0.4, -0.2) is 42.8 Å². The van der Waals surface area contributed by atoms with E-state index in [0.29, 0.717) is 19.6 Å². The standard InChI is InChI=1S/C22H26N2O2/c1-2-23-20(25)14-24-12-4-6-17(13-24)22(26)19-11-10-16-9-8-15-5-3-7-18(19)21(15)16/h3,5,7,10-11,17H,2,4,6,8-9,12-14H2,1H3,(H,23,25). The predicted octanol–water partition coefficient (Wildman–Crippen LogP) is 2.97. The largest absolute Gasteiger partial charge is 0.355 e. The van der Waals surface area contributed by atoms with E-state index < -0.39 is 0 Å². The van der Waals surface area contributed by atoms with Crippen LogP contribution in [0.5, 0.6) is 0 Å². The van der Waals surface area contributed by atoms with Gasteiger partial charge in [0, 0.05) is 24.6 Å². The Kier molecular flexibility index (Phi) is 4.77. The number of piperidine rings is 1. The van der Waals surface area contributed by atoms with E-state index in [-0.39, 0.29) is 17.6 Å². The molecule has 0 radical (unpaired) electrons. The number of rotatable bonds is 5. The molecule has 1 saturated heterocycles. The Labute approximate surface area is 154 Å². The zero-order valence-corrected chi connectivity index (χ0v) is 15.4. The molecule has 4 heteroatoms. The highest BCUT2D eigenvalue weighted by atomic mass is 16.2. The lowest BCUT2D eigenvalue weighted by atomic mass is 9.87. The van der Waals surface area contributed by atoms with Crippen molar-refractivity contribution in [1.82, 2.24) is 10.2 Å². The Morgan fingerprint density at radius 3 is 2.77 bits per heavy atom. The minimum absolute atomic E-state index is 0.0170. The average molecular weight is 350 g/mol. The molecule has 0 spiro atoms. The fraction of sp³-hybridized carbons (Fsp3) is 0.455. The Hall–Kier alpha value is -2.20. The van der Waals surface area contributed by atoms with Crippen LogP contribution in [0.15, 0.2) is 30.3 Å². The van der Waals surface area contributed by atoms with Gasteiger partial charge in [0.25, 0.3) is 0 Å². The van der Waals surface area contributed by atoms with Gasteiger partial charge in [-0.15, -0.1) is 0 Å². The van der Waals surface area contributed by atoms with Crippen molar-refractivity contribution in [1.29, 1.82) is 0 Å². The molecule has 0 saturated carbocycles. The molecular weight excluding hydrogens is 324 g/mol. The molecule has 1 atom stereocenters. The highest BCUT2D eigenvalue weighted by Crippen LogP contribution is 2.34. The second-order valence-electron chi connectivity index (χ2n) is 7.50. The number of hydrogen-bond acceptors (Lipinski definition) is 3. The first kappa shape index (κ1) is 17.2. The van der Waals surface area contributed by atoms with Crippen LogP contribution in [0, 0.1) is 5.92 Å². The van der Waals surface area contributed by atoms with Crippen LogP contribution in [0.2, 0.25) is 0 Å². The number of likely N-dealkylation sites (N-methyl/N-ethyl adjacent to an activating group) is 1. The lowest BCUT2D eigenvalue weighted by Crippen LogP contribution is -2.44. The minimum atomic E-state index is -0.0170. The van der Waals surface area contributed by atoms with Crippen LogP contribution in [0.3, 0.4) is 0 Å². The molecule has 0 aromatic heterocycles. The molecule has 4 rings (SSSR count). The molecule has 2 aliphatic rings. The van der Waals surface area contributed by atoms with E-state index in [1.165, 1.54) is 16.5 Å². The number of carbonyl (C=O) groups excluding carboxylic acids is 2. The maximum atomic E-state index is 13.3. The van der Waals surface area contributed by atoms with Gasteiger partial charge in [-0.1, -0.05) is 30.3 Å². The normalized spacial score (nSPS) is 19.7. The Morgan fingerprint density at radius 2 is 1.96 bits per heavy atom. The molecule has 1 heterocycles. The molecule has 1 fully saturated rings. The molecule has 0 bridgehead atoms. The summed E-state index contributed by atoms with van der Waals surface area (Å²) in [5.74, 6) is 0.267. The van der Waals surface area contributed by atoms with Gasteiger partial charge in [0.05, 0.1) is 6.54 Å². The summed E-state index contributed by atoms with van der Waals surface area (Å²) in [5, 5.41) is 5.26. The van der Waals surface area contributed by atoms with Crippen LogP contribution in [0.25, 0.3) is 10.8 Å². The van der Waals surface area contributed by atoms with Gasteiger partial charge in [-0.25, -0.2) is 0 Å². The number of carbonyl (C=O) groups is 2. The van der Waals surface area contributed by atoms with Crippen molar-refractivity contribution >= 4 is 22.5 Å². The first-order valence-electron chi connectivity index (χ1n) is 9.74. The molecule has 136 valence electrons. The van der Waals surface area contributed by atoms with Gasteiger partial charge in [-0.05, 0) is 61.1 Å². The number of amides is 1. The number of Topliss-reactive ketones (excluding diaryl/α,β-unsaturated/α-hetero) is 1. The molecule has 2 aromatic carbocycles. The highest BCUT2D eigenvalue weighted by molar-refractivity contribution is 6.11. The van der Waals surface area contributed by atoms with E-state index in [1.54, 1.807) is 0 Å². The maximum absolute atomic E-state index is 13.3. The summed E-state index contributed by atoms with van der Waals surface area (Å²) in [6.45, 7) is 4.54. The Bertz CT molecular complexity index is 848. The molecule has 2 aromatic rings. The van der Waals surface area contributed by atoms with Crippen LogP contribution < -0.4 is 5.32 Å². The molecule has 1 amide bonds. The molecule has 4 nitrogen and oxygen atoms in total. The summed E-state index contributed by atoms with van der Waals surface area (Å²) in [6, 6.07) is 10.5. The summed E-state index contributed by atoms with van der Waals surface area (Å²) in [4.78, 5) is 27.3. The highest BCUT2D eigenvalue weighted by Gasteiger charge is 2.29. The van der Waals surface area contributed by atoms with Gasteiger partial charge in [0.1, 0.15) is 0 Å². The molecular formula is C22H26N2O2. The number of ketones is 1. The first-order valence-corrected chi connectivity index (χ1v) is 9.74. The smallest absolute Gasteiger partial charge is 0.234 e. The van der Waals surface area contributed by atoms with E-state index in [0.717, 1.165) is 43.2 Å². The summed E-state index contributed by atoms with van der Waals surface area (Å²) in [7, 11) is 0. The Morgan fingerprint density at radius 1 is 1.15 bits per heavy atom. The second-order valence-corrected chi connectivity index (χ2v) is 7.50. The van der Waals surface area contributed by atoms with Crippen molar-refractivity contribution in [3.8, 4) is 0 Å². The van der Waals surface area contributed by atoms with Crippen molar-refractivity contribution in [3.05, 3.63) is 47.0 Å². The third kappa shape index (κ3) is 3.14. The van der Waals surface area contributed by atoms with Crippen LogP contribution in [0.4, 0.5) is 0 Å². The molecule has 1 N–H and O–H groups in total. The minimum Gasteiger partial charge on any atom is -0.355 e. The maximum Gasteiger partial charge on any atom is 0.234 e. The molecule has 1 aliphatic heterocycles. The second kappa shape index (κ2) is 7.20. The number of hydrogen-bond donors (Lipinski definition) is 1. The zero-order valence-electron chi connectivity index (χ0n) is 15.4. The third-order valence-corrected chi connectivity index (χ3v) is 5.76. The first-order chi connectivity index (χ1) is 12.7. The predicted molar refractivity (Wildman–Crippen MR) is 104 cm³/mol. The van der Waals surface area contributed by atoms with Crippen molar-refractivity contribution in [2.75, 3.05) is 26.2 Å². The summed E-state index contributed by atoms with van der Waals surface area (Å²) in [6.07, 6.45) is 4.03. The Balaban J connectivity index is 1.56. The van der Waals surface area contributed by atoms with E-state index in [1.807, 2.05) is 13.0 Å². The quantitative estimate of drug-likeness (QED) is 0.844. The molecule has 1 aliphatic carbocycles.